The van der Waals surface area contributed by atoms with Crippen LogP contribution in [0.1, 0.15) is 10.4 Å². The first kappa shape index (κ1) is 15.4. The third-order valence-corrected chi connectivity index (χ3v) is 2.77. The second-order valence-electron chi connectivity index (χ2n) is 4.00. The normalized spacial score (nSPS) is 12.8. The van der Waals surface area contributed by atoms with Crippen LogP contribution in [-0.4, -0.2) is 50.0 Å². The van der Waals surface area contributed by atoms with Crippen LogP contribution in [-0.2, 0) is 10.0 Å². The number of aliphatic hydroxyl groups is 2. The highest BCUT2D eigenvalue weighted by atomic mass is 32.2. The van der Waals surface area contributed by atoms with Crippen molar-refractivity contribution in [2.45, 2.75) is 6.10 Å². The van der Waals surface area contributed by atoms with E-state index < -0.39 is 28.6 Å². The van der Waals surface area contributed by atoms with Gasteiger partial charge in [-0.1, -0.05) is 0 Å². The number of benzene rings is 1. The predicted molar refractivity (Wildman–Crippen MR) is 70.3 cm³/mol. The number of carbonyl (C=O) groups is 1. The molecule has 1 unspecified atom stereocenters. The number of sulfonamides is 1. The first-order valence-corrected chi connectivity index (χ1v) is 7.36. The first-order chi connectivity index (χ1) is 8.81. The maximum Gasteiger partial charge on any atom is 0.251 e. The lowest BCUT2D eigenvalue weighted by Gasteiger charge is -2.09. The zero-order valence-electron chi connectivity index (χ0n) is 10.3. The molecule has 0 saturated carbocycles. The summed E-state index contributed by atoms with van der Waals surface area (Å²) in [4.78, 5) is 11.6. The molecule has 1 aromatic carbocycles. The van der Waals surface area contributed by atoms with E-state index >= 15 is 0 Å². The van der Waals surface area contributed by atoms with Crippen LogP contribution < -0.4 is 10.0 Å². The van der Waals surface area contributed by atoms with Gasteiger partial charge in [0.2, 0.25) is 10.0 Å². The number of nitrogens with one attached hydrogen (secondary N) is 2. The van der Waals surface area contributed by atoms with Gasteiger partial charge in [0, 0.05) is 17.8 Å². The van der Waals surface area contributed by atoms with Crippen molar-refractivity contribution in [3.05, 3.63) is 29.8 Å². The van der Waals surface area contributed by atoms with Crippen LogP contribution in [0.4, 0.5) is 5.69 Å². The maximum atomic E-state index is 11.6. The quantitative estimate of drug-likeness (QED) is 0.544. The Morgan fingerprint density at radius 1 is 1.32 bits per heavy atom. The Balaban J connectivity index is 2.63. The number of anilines is 1. The van der Waals surface area contributed by atoms with Gasteiger partial charge in [-0.2, -0.15) is 0 Å². The maximum absolute atomic E-state index is 11.6. The van der Waals surface area contributed by atoms with Crippen molar-refractivity contribution in [1.29, 1.82) is 0 Å². The topological polar surface area (TPSA) is 116 Å². The molecular formula is C11H16N2O5S. The van der Waals surface area contributed by atoms with E-state index in [1.54, 1.807) is 0 Å². The predicted octanol–water partition coefficient (Wildman–Crippen LogP) is -0.859. The van der Waals surface area contributed by atoms with Gasteiger partial charge in [0.25, 0.3) is 5.91 Å². The Hall–Kier alpha value is -1.64. The number of aliphatic hydroxyl groups excluding tert-OH is 2. The highest BCUT2D eigenvalue weighted by molar-refractivity contribution is 7.92. The number of carbonyl (C=O) groups excluding carboxylic acids is 1. The van der Waals surface area contributed by atoms with Gasteiger partial charge in [-0.25, -0.2) is 8.42 Å². The molecule has 1 amide bonds. The standard InChI is InChI=1S/C11H16N2O5S/c1-19(17,18)13-9-4-2-8(3-5-9)11(16)12-6-10(15)7-14/h2-5,10,13-15H,6-7H2,1H3,(H,12,16). The van der Waals surface area contributed by atoms with E-state index in [2.05, 4.69) is 10.0 Å². The van der Waals surface area contributed by atoms with Crippen LogP contribution in [0.2, 0.25) is 0 Å². The van der Waals surface area contributed by atoms with Crippen molar-refractivity contribution in [2.24, 2.45) is 0 Å². The number of amides is 1. The van der Waals surface area contributed by atoms with E-state index in [9.17, 15) is 13.2 Å². The molecule has 1 atom stereocenters. The summed E-state index contributed by atoms with van der Waals surface area (Å²) in [7, 11) is -3.35. The summed E-state index contributed by atoms with van der Waals surface area (Å²) in [5, 5.41) is 20.1. The third kappa shape index (κ3) is 5.69. The lowest BCUT2D eigenvalue weighted by atomic mass is 10.2. The van der Waals surface area contributed by atoms with Gasteiger partial charge in [0.15, 0.2) is 0 Å². The number of rotatable bonds is 6. The van der Waals surface area contributed by atoms with Crippen LogP contribution in [0.3, 0.4) is 0 Å². The van der Waals surface area contributed by atoms with Gasteiger partial charge in [-0.3, -0.25) is 9.52 Å². The fourth-order valence-electron chi connectivity index (χ4n) is 1.28. The van der Waals surface area contributed by atoms with E-state index in [1.807, 2.05) is 0 Å². The molecule has 0 aromatic heterocycles. The molecule has 7 nitrogen and oxygen atoms in total. The summed E-state index contributed by atoms with van der Waals surface area (Å²) >= 11 is 0. The molecule has 106 valence electrons. The van der Waals surface area contributed by atoms with Crippen molar-refractivity contribution in [3.63, 3.8) is 0 Å². The average molecular weight is 288 g/mol. The Morgan fingerprint density at radius 3 is 2.37 bits per heavy atom. The average Bonchev–Trinajstić information content (AvgIpc) is 2.34. The molecule has 0 heterocycles. The molecule has 19 heavy (non-hydrogen) atoms. The van der Waals surface area contributed by atoms with Gasteiger partial charge >= 0.3 is 0 Å². The fourth-order valence-corrected chi connectivity index (χ4v) is 1.85. The molecule has 1 aromatic rings. The van der Waals surface area contributed by atoms with Crippen molar-refractivity contribution in [1.82, 2.24) is 5.32 Å². The minimum absolute atomic E-state index is 0.0569. The summed E-state index contributed by atoms with van der Waals surface area (Å²) < 4.78 is 24.3. The molecule has 0 spiro atoms. The molecule has 0 aliphatic rings. The second-order valence-corrected chi connectivity index (χ2v) is 5.75. The smallest absolute Gasteiger partial charge is 0.251 e. The van der Waals surface area contributed by atoms with Crippen LogP contribution in [0.25, 0.3) is 0 Å². The fraction of sp³-hybridized carbons (Fsp3) is 0.364. The molecule has 0 saturated heterocycles. The molecule has 0 aliphatic heterocycles. The molecular weight excluding hydrogens is 272 g/mol. The monoisotopic (exact) mass is 288 g/mol. The zero-order chi connectivity index (χ0) is 14.5. The molecule has 1 rings (SSSR count). The van der Waals surface area contributed by atoms with E-state index in [0.29, 0.717) is 11.3 Å². The summed E-state index contributed by atoms with van der Waals surface area (Å²) in [5.41, 5.74) is 0.679. The van der Waals surface area contributed by atoms with E-state index in [0.717, 1.165) is 6.26 Å². The van der Waals surface area contributed by atoms with Crippen LogP contribution in [0.15, 0.2) is 24.3 Å². The molecule has 0 radical (unpaired) electrons. The highest BCUT2D eigenvalue weighted by Gasteiger charge is 2.08. The molecule has 0 fully saturated rings. The van der Waals surface area contributed by atoms with Crippen LogP contribution in [0, 0.1) is 0 Å². The van der Waals surface area contributed by atoms with E-state index in [-0.39, 0.29) is 6.54 Å². The Kier molecular flexibility index (Phi) is 5.28. The Labute approximate surface area is 111 Å². The van der Waals surface area contributed by atoms with E-state index in [4.69, 9.17) is 10.2 Å². The van der Waals surface area contributed by atoms with Crippen molar-refractivity contribution in [3.8, 4) is 0 Å². The lowest BCUT2D eigenvalue weighted by molar-refractivity contribution is 0.0802. The number of hydrogen-bond donors (Lipinski definition) is 4. The second kappa shape index (κ2) is 6.50. The minimum atomic E-state index is -3.35. The summed E-state index contributed by atoms with van der Waals surface area (Å²) in [6.07, 6.45) is 0.0271. The summed E-state index contributed by atoms with van der Waals surface area (Å²) in [6.45, 7) is -0.490. The molecule has 0 bridgehead atoms. The van der Waals surface area contributed by atoms with Gasteiger partial charge in [-0.15, -0.1) is 0 Å². The molecule has 0 aliphatic carbocycles. The molecule has 8 heteroatoms. The Bertz CT molecular complexity index is 527. The van der Waals surface area contributed by atoms with Crippen molar-refractivity contribution < 1.29 is 23.4 Å². The Morgan fingerprint density at radius 2 is 1.89 bits per heavy atom. The van der Waals surface area contributed by atoms with Crippen molar-refractivity contribution >= 4 is 21.6 Å². The summed E-state index contributed by atoms with van der Waals surface area (Å²) in [5.74, 6) is -0.418. The SMILES string of the molecule is CS(=O)(=O)Nc1ccc(C(=O)NCC(O)CO)cc1. The number of hydrogen-bond acceptors (Lipinski definition) is 5. The first-order valence-electron chi connectivity index (χ1n) is 5.47. The largest absolute Gasteiger partial charge is 0.394 e. The van der Waals surface area contributed by atoms with Gasteiger partial charge < -0.3 is 15.5 Å². The van der Waals surface area contributed by atoms with E-state index in [1.165, 1.54) is 24.3 Å². The zero-order valence-corrected chi connectivity index (χ0v) is 11.1. The van der Waals surface area contributed by atoms with Gasteiger partial charge in [0.05, 0.1) is 19.0 Å². The minimum Gasteiger partial charge on any atom is -0.394 e. The van der Waals surface area contributed by atoms with Crippen molar-refractivity contribution in [2.75, 3.05) is 24.1 Å². The van der Waals surface area contributed by atoms with Crippen LogP contribution >= 0.6 is 0 Å². The van der Waals surface area contributed by atoms with Crippen LogP contribution in [0.5, 0.6) is 0 Å². The van der Waals surface area contributed by atoms with Gasteiger partial charge in [0.1, 0.15) is 0 Å². The third-order valence-electron chi connectivity index (χ3n) is 2.16. The molecule has 4 N–H and O–H groups in total. The van der Waals surface area contributed by atoms with Gasteiger partial charge in [-0.05, 0) is 24.3 Å². The lowest BCUT2D eigenvalue weighted by Crippen LogP contribution is -2.33. The highest BCUT2D eigenvalue weighted by Crippen LogP contribution is 2.10. The summed E-state index contributed by atoms with van der Waals surface area (Å²) in [6, 6.07) is 5.82.